The molecule has 0 spiro atoms. The molecule has 1 aromatic carbocycles. The first-order valence-electron chi connectivity index (χ1n) is 6.06. The van der Waals surface area contributed by atoms with Crippen molar-refractivity contribution in [1.29, 1.82) is 0 Å². The Balaban J connectivity index is 2.31. The van der Waals surface area contributed by atoms with Crippen LogP contribution < -0.4 is 5.32 Å². The standard InChI is InChI=1S/C13H19Cl2NO2/c1-2-18-7-3-6-16-9-13(17)11-8-10(14)4-5-12(11)15/h4-5,8,13,16-17H,2-3,6-7,9H2,1H3. The Kier molecular flexibility index (Phi) is 7.63. The van der Waals surface area contributed by atoms with Crippen LogP contribution in [-0.4, -0.2) is 31.4 Å². The Morgan fingerprint density at radius 1 is 1.39 bits per heavy atom. The van der Waals surface area contributed by atoms with Crippen LogP contribution in [0.2, 0.25) is 10.0 Å². The van der Waals surface area contributed by atoms with Gasteiger partial charge in [-0.15, -0.1) is 0 Å². The number of benzene rings is 1. The van der Waals surface area contributed by atoms with Crippen molar-refractivity contribution in [2.24, 2.45) is 0 Å². The van der Waals surface area contributed by atoms with Crippen LogP contribution in [-0.2, 0) is 4.74 Å². The Morgan fingerprint density at radius 3 is 2.89 bits per heavy atom. The molecule has 0 amide bonds. The average molecular weight is 292 g/mol. The molecule has 2 N–H and O–H groups in total. The number of nitrogens with one attached hydrogen (secondary N) is 1. The first-order valence-corrected chi connectivity index (χ1v) is 6.82. The van der Waals surface area contributed by atoms with Gasteiger partial charge in [0.1, 0.15) is 0 Å². The zero-order chi connectivity index (χ0) is 13.4. The highest BCUT2D eigenvalue weighted by Crippen LogP contribution is 2.25. The van der Waals surface area contributed by atoms with E-state index in [-0.39, 0.29) is 0 Å². The van der Waals surface area contributed by atoms with Crippen LogP contribution in [0.15, 0.2) is 18.2 Å². The normalized spacial score (nSPS) is 12.7. The molecule has 0 bridgehead atoms. The maximum atomic E-state index is 9.99. The van der Waals surface area contributed by atoms with Crippen LogP contribution in [0.1, 0.15) is 25.0 Å². The largest absolute Gasteiger partial charge is 0.387 e. The van der Waals surface area contributed by atoms with Crippen LogP contribution in [0.4, 0.5) is 0 Å². The third-order valence-corrected chi connectivity index (χ3v) is 3.08. The molecule has 18 heavy (non-hydrogen) atoms. The summed E-state index contributed by atoms with van der Waals surface area (Å²) in [5, 5.41) is 14.3. The van der Waals surface area contributed by atoms with E-state index in [2.05, 4.69) is 5.32 Å². The number of hydrogen-bond donors (Lipinski definition) is 2. The molecule has 102 valence electrons. The molecular formula is C13H19Cl2NO2. The van der Waals surface area contributed by atoms with Gasteiger partial charge in [-0.25, -0.2) is 0 Å². The highest BCUT2D eigenvalue weighted by Gasteiger charge is 2.11. The molecule has 1 unspecified atom stereocenters. The molecule has 0 saturated heterocycles. The van der Waals surface area contributed by atoms with Gasteiger partial charge in [0.05, 0.1) is 6.10 Å². The summed E-state index contributed by atoms with van der Waals surface area (Å²) in [6, 6.07) is 5.09. The van der Waals surface area contributed by atoms with Crippen molar-refractivity contribution in [2.45, 2.75) is 19.4 Å². The van der Waals surface area contributed by atoms with Gasteiger partial charge >= 0.3 is 0 Å². The Morgan fingerprint density at radius 2 is 2.17 bits per heavy atom. The maximum Gasteiger partial charge on any atom is 0.0929 e. The van der Waals surface area contributed by atoms with Gasteiger partial charge in [-0.3, -0.25) is 0 Å². The van der Waals surface area contributed by atoms with Crippen LogP contribution in [0.5, 0.6) is 0 Å². The van der Waals surface area contributed by atoms with E-state index in [9.17, 15) is 5.11 Å². The van der Waals surface area contributed by atoms with Gasteiger partial charge in [0, 0.05) is 35.4 Å². The molecule has 0 saturated carbocycles. The molecule has 1 atom stereocenters. The van der Waals surface area contributed by atoms with Crippen molar-refractivity contribution < 1.29 is 9.84 Å². The van der Waals surface area contributed by atoms with Gasteiger partial charge in [0.25, 0.3) is 0 Å². The molecule has 3 nitrogen and oxygen atoms in total. The molecule has 0 aliphatic carbocycles. The quantitative estimate of drug-likeness (QED) is 0.724. The van der Waals surface area contributed by atoms with E-state index >= 15 is 0 Å². The van der Waals surface area contributed by atoms with Crippen molar-refractivity contribution in [3.63, 3.8) is 0 Å². The zero-order valence-electron chi connectivity index (χ0n) is 10.5. The fourth-order valence-electron chi connectivity index (χ4n) is 1.56. The number of hydrogen-bond acceptors (Lipinski definition) is 3. The fourth-order valence-corrected chi connectivity index (χ4v) is 1.99. The van der Waals surface area contributed by atoms with Gasteiger partial charge in [-0.1, -0.05) is 23.2 Å². The number of rotatable bonds is 8. The minimum atomic E-state index is -0.650. The molecule has 5 heteroatoms. The summed E-state index contributed by atoms with van der Waals surface area (Å²) >= 11 is 11.9. The van der Waals surface area contributed by atoms with Gasteiger partial charge in [-0.2, -0.15) is 0 Å². The predicted octanol–water partition coefficient (Wildman–Crippen LogP) is 3.04. The fraction of sp³-hybridized carbons (Fsp3) is 0.538. The Labute approximate surface area is 118 Å². The number of halogens is 2. The summed E-state index contributed by atoms with van der Waals surface area (Å²) in [5.74, 6) is 0. The minimum Gasteiger partial charge on any atom is -0.387 e. The average Bonchev–Trinajstić information content (AvgIpc) is 2.36. The van der Waals surface area contributed by atoms with E-state index in [4.69, 9.17) is 27.9 Å². The second kappa shape index (κ2) is 8.73. The van der Waals surface area contributed by atoms with E-state index in [1.807, 2.05) is 6.92 Å². The third-order valence-electron chi connectivity index (χ3n) is 2.50. The number of aliphatic hydroxyl groups is 1. The van der Waals surface area contributed by atoms with E-state index in [0.29, 0.717) is 22.2 Å². The number of aliphatic hydroxyl groups excluding tert-OH is 1. The monoisotopic (exact) mass is 291 g/mol. The van der Waals surface area contributed by atoms with Crippen LogP contribution in [0.3, 0.4) is 0 Å². The van der Waals surface area contributed by atoms with Crippen molar-refractivity contribution >= 4 is 23.2 Å². The van der Waals surface area contributed by atoms with Gasteiger partial charge < -0.3 is 15.2 Å². The van der Waals surface area contributed by atoms with Crippen LogP contribution in [0, 0.1) is 0 Å². The number of ether oxygens (including phenoxy) is 1. The molecule has 0 aliphatic rings. The highest BCUT2D eigenvalue weighted by atomic mass is 35.5. The summed E-state index contributed by atoms with van der Waals surface area (Å²) in [4.78, 5) is 0. The minimum absolute atomic E-state index is 0.451. The van der Waals surface area contributed by atoms with Crippen molar-refractivity contribution in [3.8, 4) is 0 Å². The summed E-state index contributed by atoms with van der Waals surface area (Å²) in [6.07, 6.45) is 0.271. The first-order chi connectivity index (χ1) is 8.65. The lowest BCUT2D eigenvalue weighted by Gasteiger charge is -2.14. The SMILES string of the molecule is CCOCCCNCC(O)c1cc(Cl)ccc1Cl. The van der Waals surface area contributed by atoms with E-state index in [1.165, 1.54) is 0 Å². The predicted molar refractivity (Wildman–Crippen MR) is 75.4 cm³/mol. The van der Waals surface area contributed by atoms with Gasteiger partial charge in [-0.05, 0) is 38.1 Å². The lowest BCUT2D eigenvalue weighted by molar-refractivity contribution is 0.141. The zero-order valence-corrected chi connectivity index (χ0v) is 12.0. The molecule has 0 heterocycles. The first kappa shape index (κ1) is 15.7. The molecule has 0 aliphatic heterocycles. The summed E-state index contributed by atoms with van der Waals surface area (Å²) in [6.45, 7) is 4.69. The second-order valence-corrected chi connectivity index (χ2v) is 4.78. The molecule has 0 aromatic heterocycles. The van der Waals surface area contributed by atoms with Crippen LogP contribution in [0.25, 0.3) is 0 Å². The summed E-state index contributed by atoms with van der Waals surface area (Å²) in [5.41, 5.74) is 0.654. The van der Waals surface area contributed by atoms with Crippen molar-refractivity contribution in [3.05, 3.63) is 33.8 Å². The molecule has 1 aromatic rings. The molecular weight excluding hydrogens is 273 g/mol. The van der Waals surface area contributed by atoms with E-state index in [0.717, 1.165) is 26.2 Å². The molecule has 1 rings (SSSR count). The van der Waals surface area contributed by atoms with Gasteiger partial charge in [0.2, 0.25) is 0 Å². The summed E-state index contributed by atoms with van der Waals surface area (Å²) in [7, 11) is 0. The molecule has 0 fully saturated rings. The highest BCUT2D eigenvalue weighted by molar-refractivity contribution is 6.33. The smallest absolute Gasteiger partial charge is 0.0929 e. The van der Waals surface area contributed by atoms with Crippen LogP contribution >= 0.6 is 23.2 Å². The third kappa shape index (κ3) is 5.55. The maximum absolute atomic E-state index is 9.99. The lowest BCUT2D eigenvalue weighted by atomic mass is 10.1. The van der Waals surface area contributed by atoms with E-state index in [1.54, 1.807) is 18.2 Å². The summed E-state index contributed by atoms with van der Waals surface area (Å²) < 4.78 is 5.22. The van der Waals surface area contributed by atoms with E-state index < -0.39 is 6.10 Å². The Bertz CT molecular complexity index is 361. The second-order valence-electron chi connectivity index (χ2n) is 3.94. The van der Waals surface area contributed by atoms with Crippen molar-refractivity contribution in [1.82, 2.24) is 5.32 Å². The topological polar surface area (TPSA) is 41.5 Å². The van der Waals surface area contributed by atoms with Crippen molar-refractivity contribution in [2.75, 3.05) is 26.3 Å². The van der Waals surface area contributed by atoms with Gasteiger partial charge in [0.15, 0.2) is 0 Å². The Hall–Kier alpha value is -0.320. The lowest BCUT2D eigenvalue weighted by Crippen LogP contribution is -2.23. The molecule has 0 radical (unpaired) electrons.